The lowest BCUT2D eigenvalue weighted by Crippen LogP contribution is -2.25. The Kier molecular flexibility index (Phi) is 6.87. The standard InChI is InChI=1S/C21H20Cl2FN3O2/c1-2-27(10-4-3-5-18(28)29)21-19-14(13-6-8-15(22)16(23)11-13)7-9-17(24)20(19)25-12-26-21/h6-9,11-12H,2-5,10H2,1H3,(H,28,29). The van der Waals surface area contributed by atoms with Crippen LogP contribution in [0.1, 0.15) is 26.2 Å². The minimum absolute atomic E-state index is 0.116. The zero-order chi connectivity index (χ0) is 21.0. The molecule has 2 aromatic carbocycles. The molecule has 0 bridgehead atoms. The van der Waals surface area contributed by atoms with Crippen LogP contribution in [-0.2, 0) is 4.79 Å². The van der Waals surface area contributed by atoms with E-state index in [9.17, 15) is 9.18 Å². The maximum atomic E-state index is 14.5. The molecule has 152 valence electrons. The van der Waals surface area contributed by atoms with E-state index >= 15 is 0 Å². The number of nitrogens with zero attached hydrogens (tertiary/aromatic N) is 3. The van der Waals surface area contributed by atoms with Crippen LogP contribution in [0.2, 0.25) is 10.0 Å². The van der Waals surface area contributed by atoms with E-state index in [1.54, 1.807) is 18.2 Å². The van der Waals surface area contributed by atoms with Crippen LogP contribution in [0.15, 0.2) is 36.7 Å². The topological polar surface area (TPSA) is 66.3 Å². The summed E-state index contributed by atoms with van der Waals surface area (Å²) in [6.07, 6.45) is 2.70. The third kappa shape index (κ3) is 4.77. The number of unbranched alkanes of at least 4 members (excludes halogenated alkanes) is 1. The number of rotatable bonds is 8. The van der Waals surface area contributed by atoms with Crippen molar-refractivity contribution in [3.05, 3.63) is 52.5 Å². The number of carbonyl (C=O) groups is 1. The molecule has 0 saturated carbocycles. The van der Waals surface area contributed by atoms with Gasteiger partial charge in [-0.25, -0.2) is 14.4 Å². The lowest BCUT2D eigenvalue weighted by Gasteiger charge is -2.24. The van der Waals surface area contributed by atoms with Crippen LogP contribution in [0.5, 0.6) is 0 Å². The van der Waals surface area contributed by atoms with Gasteiger partial charge in [0.25, 0.3) is 0 Å². The number of carboxylic acids is 1. The molecule has 0 aliphatic rings. The van der Waals surface area contributed by atoms with E-state index in [1.807, 2.05) is 17.9 Å². The number of hydrogen-bond donors (Lipinski definition) is 1. The molecule has 29 heavy (non-hydrogen) atoms. The Bertz CT molecular complexity index is 1050. The van der Waals surface area contributed by atoms with Crippen LogP contribution in [0.3, 0.4) is 0 Å². The summed E-state index contributed by atoms with van der Waals surface area (Å²) in [4.78, 5) is 21.3. The van der Waals surface area contributed by atoms with Gasteiger partial charge in [0.05, 0.1) is 15.4 Å². The first-order valence-electron chi connectivity index (χ1n) is 9.27. The average Bonchev–Trinajstić information content (AvgIpc) is 2.70. The molecule has 0 aliphatic heterocycles. The number of benzene rings is 2. The van der Waals surface area contributed by atoms with Gasteiger partial charge in [0.2, 0.25) is 0 Å². The Morgan fingerprint density at radius 2 is 1.93 bits per heavy atom. The van der Waals surface area contributed by atoms with Crippen molar-refractivity contribution in [2.45, 2.75) is 26.2 Å². The number of hydrogen-bond acceptors (Lipinski definition) is 4. The van der Waals surface area contributed by atoms with Gasteiger partial charge in [0.15, 0.2) is 0 Å². The Morgan fingerprint density at radius 1 is 1.14 bits per heavy atom. The van der Waals surface area contributed by atoms with Crippen molar-refractivity contribution >= 4 is 45.9 Å². The van der Waals surface area contributed by atoms with E-state index in [1.165, 1.54) is 12.4 Å². The van der Waals surface area contributed by atoms with Gasteiger partial charge in [-0.1, -0.05) is 35.3 Å². The van der Waals surface area contributed by atoms with Crippen molar-refractivity contribution in [1.29, 1.82) is 0 Å². The molecule has 0 radical (unpaired) electrons. The van der Waals surface area contributed by atoms with Gasteiger partial charge < -0.3 is 10.0 Å². The van der Waals surface area contributed by atoms with E-state index in [-0.39, 0.29) is 11.9 Å². The highest BCUT2D eigenvalue weighted by atomic mass is 35.5. The zero-order valence-electron chi connectivity index (χ0n) is 15.8. The second-order valence-corrected chi connectivity index (χ2v) is 7.39. The summed E-state index contributed by atoms with van der Waals surface area (Å²) < 4.78 is 14.5. The molecule has 3 rings (SSSR count). The third-order valence-electron chi connectivity index (χ3n) is 4.70. The molecule has 0 aliphatic carbocycles. The fraction of sp³-hybridized carbons (Fsp3) is 0.286. The molecular formula is C21H20Cl2FN3O2. The normalized spacial score (nSPS) is 11.0. The largest absolute Gasteiger partial charge is 0.481 e. The monoisotopic (exact) mass is 435 g/mol. The molecule has 1 aromatic heterocycles. The summed E-state index contributed by atoms with van der Waals surface area (Å²) in [5, 5.41) is 10.3. The van der Waals surface area contributed by atoms with Crippen LogP contribution in [0.25, 0.3) is 22.0 Å². The highest BCUT2D eigenvalue weighted by Crippen LogP contribution is 2.37. The molecule has 0 unspecified atom stereocenters. The number of fused-ring (bicyclic) bond motifs is 1. The van der Waals surface area contributed by atoms with Gasteiger partial charge in [-0.3, -0.25) is 4.79 Å². The van der Waals surface area contributed by atoms with Gasteiger partial charge in [0, 0.05) is 19.5 Å². The van der Waals surface area contributed by atoms with E-state index in [4.69, 9.17) is 28.3 Å². The molecular weight excluding hydrogens is 416 g/mol. The van der Waals surface area contributed by atoms with E-state index in [0.29, 0.717) is 47.2 Å². The minimum Gasteiger partial charge on any atom is -0.481 e. The maximum Gasteiger partial charge on any atom is 0.303 e. The Labute approximate surface area is 178 Å². The van der Waals surface area contributed by atoms with Gasteiger partial charge in [-0.15, -0.1) is 0 Å². The van der Waals surface area contributed by atoms with Crippen LogP contribution in [0.4, 0.5) is 10.2 Å². The van der Waals surface area contributed by atoms with Gasteiger partial charge in [-0.05, 0) is 49.1 Å². The molecule has 0 atom stereocenters. The molecule has 1 heterocycles. The third-order valence-corrected chi connectivity index (χ3v) is 5.44. The fourth-order valence-corrected chi connectivity index (χ4v) is 3.56. The summed E-state index contributed by atoms with van der Waals surface area (Å²) in [5.74, 6) is -0.646. The summed E-state index contributed by atoms with van der Waals surface area (Å²) in [6, 6.07) is 8.31. The van der Waals surface area contributed by atoms with Gasteiger partial charge in [0.1, 0.15) is 23.5 Å². The lowest BCUT2D eigenvalue weighted by molar-refractivity contribution is -0.137. The summed E-state index contributed by atoms with van der Waals surface area (Å²) in [5.41, 5.74) is 1.75. The number of anilines is 1. The molecule has 0 spiro atoms. The van der Waals surface area contributed by atoms with E-state index < -0.39 is 11.8 Å². The number of halogens is 3. The first-order chi connectivity index (χ1) is 13.9. The Morgan fingerprint density at radius 3 is 2.62 bits per heavy atom. The molecule has 0 fully saturated rings. The van der Waals surface area contributed by atoms with Crippen LogP contribution < -0.4 is 4.90 Å². The molecule has 8 heteroatoms. The molecule has 1 N–H and O–H groups in total. The quantitative estimate of drug-likeness (QED) is 0.451. The zero-order valence-corrected chi connectivity index (χ0v) is 17.3. The molecule has 0 saturated heterocycles. The molecule has 5 nitrogen and oxygen atoms in total. The minimum atomic E-state index is -0.815. The lowest BCUT2D eigenvalue weighted by atomic mass is 10.00. The van der Waals surface area contributed by atoms with Crippen molar-refractivity contribution < 1.29 is 14.3 Å². The second kappa shape index (κ2) is 9.37. The number of aliphatic carboxylic acids is 1. The highest BCUT2D eigenvalue weighted by molar-refractivity contribution is 6.42. The average molecular weight is 436 g/mol. The summed E-state index contributed by atoms with van der Waals surface area (Å²) >= 11 is 12.2. The van der Waals surface area contributed by atoms with Crippen molar-refractivity contribution in [2.24, 2.45) is 0 Å². The van der Waals surface area contributed by atoms with Crippen molar-refractivity contribution in [2.75, 3.05) is 18.0 Å². The highest BCUT2D eigenvalue weighted by Gasteiger charge is 2.18. The first kappa shape index (κ1) is 21.3. The van der Waals surface area contributed by atoms with Crippen LogP contribution in [-0.4, -0.2) is 34.1 Å². The Balaban J connectivity index is 2.08. The van der Waals surface area contributed by atoms with E-state index in [2.05, 4.69) is 9.97 Å². The van der Waals surface area contributed by atoms with Crippen LogP contribution >= 0.6 is 23.2 Å². The Hall–Kier alpha value is -2.44. The smallest absolute Gasteiger partial charge is 0.303 e. The first-order valence-corrected chi connectivity index (χ1v) is 10.0. The van der Waals surface area contributed by atoms with Crippen molar-refractivity contribution in [3.63, 3.8) is 0 Å². The van der Waals surface area contributed by atoms with Crippen molar-refractivity contribution in [1.82, 2.24) is 9.97 Å². The summed E-state index contributed by atoms with van der Waals surface area (Å²) in [7, 11) is 0. The van der Waals surface area contributed by atoms with Crippen LogP contribution in [0, 0.1) is 5.82 Å². The second-order valence-electron chi connectivity index (χ2n) is 6.58. The molecule has 0 amide bonds. The summed E-state index contributed by atoms with van der Waals surface area (Å²) in [6.45, 7) is 3.22. The molecule has 3 aromatic rings. The number of carboxylic acid groups (broad SMARTS) is 1. The maximum absolute atomic E-state index is 14.5. The number of aromatic nitrogens is 2. The van der Waals surface area contributed by atoms with Crippen molar-refractivity contribution in [3.8, 4) is 11.1 Å². The SMILES string of the molecule is CCN(CCCCC(=O)O)c1ncnc2c(F)ccc(-c3ccc(Cl)c(Cl)c3)c12. The van der Waals surface area contributed by atoms with Gasteiger partial charge in [-0.2, -0.15) is 0 Å². The van der Waals surface area contributed by atoms with E-state index in [0.717, 1.165) is 11.1 Å². The fourth-order valence-electron chi connectivity index (χ4n) is 3.26. The van der Waals surface area contributed by atoms with Gasteiger partial charge >= 0.3 is 5.97 Å². The predicted molar refractivity (Wildman–Crippen MR) is 114 cm³/mol. The predicted octanol–water partition coefficient (Wildman–Crippen LogP) is 5.82.